The number of hydrogen-bond acceptors (Lipinski definition) is 6. The summed E-state index contributed by atoms with van der Waals surface area (Å²) in [4.78, 5) is 44.4. The fourth-order valence-electron chi connectivity index (χ4n) is 3.54. The third-order valence-electron chi connectivity index (χ3n) is 5.14. The van der Waals surface area contributed by atoms with E-state index >= 15 is 0 Å². The van der Waals surface area contributed by atoms with Crippen LogP contribution in [0.3, 0.4) is 0 Å². The van der Waals surface area contributed by atoms with E-state index in [9.17, 15) is 9.59 Å². The molecule has 8 heteroatoms. The zero-order valence-electron chi connectivity index (χ0n) is 15.5. The molecule has 0 aromatic carbocycles. The second kappa shape index (κ2) is 7.03. The maximum Gasteiger partial charge on any atom is 0.280 e. The topological polar surface area (TPSA) is 82.5 Å². The summed E-state index contributed by atoms with van der Waals surface area (Å²) in [6.07, 6.45) is 4.95. The Hall–Kier alpha value is -2.87. The molecule has 0 radical (unpaired) electrons. The number of pyridine rings is 1. The van der Waals surface area contributed by atoms with E-state index < -0.39 is 6.04 Å². The van der Waals surface area contributed by atoms with Gasteiger partial charge in [0, 0.05) is 44.8 Å². The zero-order chi connectivity index (χ0) is 19.0. The number of fused-ring (bicyclic) bond motifs is 1. The number of carbonyl (C=O) groups excluding carboxylic acids is 2. The van der Waals surface area contributed by atoms with Crippen molar-refractivity contribution in [1.82, 2.24) is 24.8 Å². The standard InChI is InChI=1S/C19H22N6O2/c1-13-3-4-15(22-12-13)25-14(17-18(19(25)27)21-6-5-20-17)11-16(26)24-9-7-23(2)8-10-24/h3-6,12,14H,7-11H2,1-2H3. The summed E-state index contributed by atoms with van der Waals surface area (Å²) < 4.78 is 0. The average Bonchev–Trinajstić information content (AvgIpc) is 2.95. The number of rotatable bonds is 3. The minimum absolute atomic E-state index is 0.0246. The summed E-state index contributed by atoms with van der Waals surface area (Å²) in [6.45, 7) is 5.05. The molecule has 0 bridgehead atoms. The maximum absolute atomic E-state index is 12.9. The Morgan fingerprint density at radius 3 is 2.56 bits per heavy atom. The highest BCUT2D eigenvalue weighted by atomic mass is 16.2. The highest BCUT2D eigenvalue weighted by molar-refractivity contribution is 6.09. The molecule has 1 atom stereocenters. The van der Waals surface area contributed by atoms with Crippen LogP contribution in [-0.4, -0.2) is 69.8 Å². The van der Waals surface area contributed by atoms with E-state index in [0.717, 1.165) is 18.7 Å². The van der Waals surface area contributed by atoms with Gasteiger partial charge in [0.1, 0.15) is 5.82 Å². The zero-order valence-corrected chi connectivity index (χ0v) is 15.5. The molecule has 4 rings (SSSR count). The second-order valence-electron chi connectivity index (χ2n) is 7.06. The first-order valence-corrected chi connectivity index (χ1v) is 9.08. The maximum atomic E-state index is 12.9. The molecule has 0 N–H and O–H groups in total. The van der Waals surface area contributed by atoms with Crippen molar-refractivity contribution in [3.05, 3.63) is 47.7 Å². The van der Waals surface area contributed by atoms with E-state index in [1.54, 1.807) is 23.4 Å². The van der Waals surface area contributed by atoms with Crippen LogP contribution in [0.1, 0.15) is 34.2 Å². The molecular weight excluding hydrogens is 344 g/mol. The summed E-state index contributed by atoms with van der Waals surface area (Å²) in [5.74, 6) is 0.281. The van der Waals surface area contributed by atoms with Gasteiger partial charge in [0.2, 0.25) is 5.91 Å². The first-order valence-electron chi connectivity index (χ1n) is 9.08. The summed E-state index contributed by atoms with van der Waals surface area (Å²) >= 11 is 0. The molecule has 0 saturated carbocycles. The molecule has 140 valence electrons. The van der Waals surface area contributed by atoms with Crippen LogP contribution >= 0.6 is 0 Å². The number of amides is 2. The van der Waals surface area contributed by atoms with E-state index in [4.69, 9.17) is 0 Å². The van der Waals surface area contributed by atoms with Gasteiger partial charge in [-0.05, 0) is 25.6 Å². The van der Waals surface area contributed by atoms with E-state index in [2.05, 4.69) is 19.9 Å². The van der Waals surface area contributed by atoms with Crippen LogP contribution in [0.4, 0.5) is 5.82 Å². The van der Waals surface area contributed by atoms with Crippen LogP contribution in [0.25, 0.3) is 0 Å². The SMILES string of the molecule is Cc1ccc(N2C(=O)c3nccnc3C2CC(=O)N2CCN(C)CC2)nc1. The highest BCUT2D eigenvalue weighted by Crippen LogP contribution is 2.36. The van der Waals surface area contributed by atoms with Gasteiger partial charge in [0.05, 0.1) is 18.2 Å². The van der Waals surface area contributed by atoms with Gasteiger partial charge < -0.3 is 9.80 Å². The molecule has 2 aromatic heterocycles. The largest absolute Gasteiger partial charge is 0.340 e. The summed E-state index contributed by atoms with van der Waals surface area (Å²) in [5.41, 5.74) is 1.85. The molecule has 8 nitrogen and oxygen atoms in total. The van der Waals surface area contributed by atoms with E-state index in [0.29, 0.717) is 30.3 Å². The van der Waals surface area contributed by atoms with Crippen molar-refractivity contribution in [1.29, 1.82) is 0 Å². The Morgan fingerprint density at radius 1 is 1.11 bits per heavy atom. The molecule has 1 unspecified atom stereocenters. The number of aromatic nitrogens is 3. The molecule has 1 saturated heterocycles. The van der Waals surface area contributed by atoms with Crippen LogP contribution < -0.4 is 4.90 Å². The minimum atomic E-state index is -0.483. The predicted octanol–water partition coefficient (Wildman–Crippen LogP) is 1.05. The number of nitrogens with zero attached hydrogens (tertiary/aromatic N) is 6. The molecule has 0 spiro atoms. The lowest BCUT2D eigenvalue weighted by molar-refractivity contribution is -0.133. The van der Waals surface area contributed by atoms with Gasteiger partial charge in [0.15, 0.2) is 5.69 Å². The van der Waals surface area contributed by atoms with Crippen LogP contribution in [0.2, 0.25) is 0 Å². The molecule has 2 aliphatic heterocycles. The van der Waals surface area contributed by atoms with Crippen LogP contribution in [-0.2, 0) is 4.79 Å². The minimum Gasteiger partial charge on any atom is -0.340 e. The number of piperazine rings is 1. The van der Waals surface area contributed by atoms with E-state index in [-0.39, 0.29) is 18.2 Å². The fourth-order valence-corrected chi connectivity index (χ4v) is 3.54. The normalized spacial score (nSPS) is 20.1. The number of hydrogen-bond donors (Lipinski definition) is 0. The summed E-state index contributed by atoms with van der Waals surface area (Å²) in [5, 5.41) is 0. The van der Waals surface area contributed by atoms with Crippen molar-refractivity contribution in [2.24, 2.45) is 0 Å². The second-order valence-corrected chi connectivity index (χ2v) is 7.06. The first kappa shape index (κ1) is 17.5. The molecule has 2 aromatic rings. The number of carbonyl (C=O) groups is 2. The van der Waals surface area contributed by atoms with Crippen LogP contribution in [0, 0.1) is 6.92 Å². The Morgan fingerprint density at radius 2 is 1.85 bits per heavy atom. The summed E-state index contributed by atoms with van der Waals surface area (Å²) in [7, 11) is 2.05. The fraction of sp³-hybridized carbons (Fsp3) is 0.421. The van der Waals surface area contributed by atoms with Gasteiger partial charge in [-0.15, -0.1) is 0 Å². The van der Waals surface area contributed by atoms with Crippen molar-refractivity contribution in [2.45, 2.75) is 19.4 Å². The van der Waals surface area contributed by atoms with Crippen molar-refractivity contribution in [3.63, 3.8) is 0 Å². The number of aryl methyl sites for hydroxylation is 1. The monoisotopic (exact) mass is 366 g/mol. The van der Waals surface area contributed by atoms with Crippen LogP contribution in [0.15, 0.2) is 30.7 Å². The molecule has 0 aliphatic carbocycles. The predicted molar refractivity (Wildman–Crippen MR) is 99.3 cm³/mol. The third-order valence-corrected chi connectivity index (χ3v) is 5.14. The Kier molecular flexibility index (Phi) is 4.57. The molecule has 2 amide bonds. The molecular formula is C19H22N6O2. The van der Waals surface area contributed by atoms with Crippen molar-refractivity contribution in [2.75, 3.05) is 38.1 Å². The highest BCUT2D eigenvalue weighted by Gasteiger charge is 2.42. The van der Waals surface area contributed by atoms with Gasteiger partial charge in [-0.1, -0.05) is 6.07 Å². The lowest BCUT2D eigenvalue weighted by atomic mass is 10.1. The van der Waals surface area contributed by atoms with Crippen molar-refractivity contribution < 1.29 is 9.59 Å². The van der Waals surface area contributed by atoms with Gasteiger partial charge >= 0.3 is 0 Å². The number of likely N-dealkylation sites (N-methyl/N-ethyl adjacent to an activating group) is 1. The third kappa shape index (κ3) is 3.28. The van der Waals surface area contributed by atoms with Gasteiger partial charge in [-0.2, -0.15) is 0 Å². The van der Waals surface area contributed by atoms with Gasteiger partial charge in [-0.3, -0.25) is 19.5 Å². The van der Waals surface area contributed by atoms with Gasteiger partial charge in [-0.25, -0.2) is 9.97 Å². The molecule has 27 heavy (non-hydrogen) atoms. The van der Waals surface area contributed by atoms with E-state index in [1.165, 1.54) is 6.20 Å². The van der Waals surface area contributed by atoms with Crippen molar-refractivity contribution in [3.8, 4) is 0 Å². The lowest BCUT2D eigenvalue weighted by Gasteiger charge is -2.33. The average molecular weight is 366 g/mol. The Labute approximate surface area is 157 Å². The van der Waals surface area contributed by atoms with Crippen LogP contribution in [0.5, 0.6) is 0 Å². The van der Waals surface area contributed by atoms with Gasteiger partial charge in [0.25, 0.3) is 5.91 Å². The smallest absolute Gasteiger partial charge is 0.280 e. The molecule has 1 fully saturated rings. The lowest BCUT2D eigenvalue weighted by Crippen LogP contribution is -2.48. The number of anilines is 1. The Bertz CT molecular complexity index is 861. The molecule has 2 aliphatic rings. The van der Waals surface area contributed by atoms with Crippen molar-refractivity contribution >= 4 is 17.6 Å². The first-order chi connectivity index (χ1) is 13.0. The quantitative estimate of drug-likeness (QED) is 0.807. The molecule has 4 heterocycles. The Balaban J connectivity index is 1.63. The summed E-state index contributed by atoms with van der Waals surface area (Å²) in [6, 6.07) is 3.22. The van der Waals surface area contributed by atoms with E-state index in [1.807, 2.05) is 24.9 Å².